The van der Waals surface area contributed by atoms with Crippen molar-refractivity contribution in [1.29, 1.82) is 0 Å². The lowest BCUT2D eigenvalue weighted by atomic mass is 10.0. The molecule has 19 heavy (non-hydrogen) atoms. The van der Waals surface area contributed by atoms with Crippen molar-refractivity contribution in [3.05, 3.63) is 75.9 Å². The number of aryl methyl sites for hydroxylation is 2. The van der Waals surface area contributed by atoms with Gasteiger partial charge in [-0.1, -0.05) is 48.0 Å². The van der Waals surface area contributed by atoms with Crippen LogP contribution in [0.3, 0.4) is 0 Å². The summed E-state index contributed by atoms with van der Waals surface area (Å²) in [7, 11) is 0. The van der Waals surface area contributed by atoms with E-state index in [1.54, 1.807) is 0 Å². The van der Waals surface area contributed by atoms with Crippen molar-refractivity contribution in [3.63, 3.8) is 0 Å². The largest absolute Gasteiger partial charge is 0.289 e. The highest BCUT2D eigenvalue weighted by Gasteiger charge is 2.23. The lowest BCUT2D eigenvalue weighted by Crippen LogP contribution is -1.95. The molecular weight excluding hydrogens is 232 g/mol. The summed E-state index contributed by atoms with van der Waals surface area (Å²) < 4.78 is 0. The summed E-state index contributed by atoms with van der Waals surface area (Å²) in [5.74, 6) is 0.177. The van der Waals surface area contributed by atoms with E-state index < -0.39 is 0 Å². The highest BCUT2D eigenvalue weighted by Crippen LogP contribution is 2.28. The average Bonchev–Trinajstić information content (AvgIpc) is 2.72. The zero-order valence-electron chi connectivity index (χ0n) is 11.2. The molecule has 0 aliphatic heterocycles. The molecule has 0 unspecified atom stereocenters. The standard InChI is InChI=1S/C18H16O/c1-12-7-8-13(2)15(9-12)11-16-10-14-5-3-4-6-17(14)18(16)19/h3-9,11H,10H2,1-2H3/b16-11+. The Labute approximate surface area is 113 Å². The Morgan fingerprint density at radius 3 is 2.63 bits per heavy atom. The third kappa shape index (κ3) is 2.12. The van der Waals surface area contributed by atoms with Gasteiger partial charge in [0.25, 0.3) is 0 Å². The van der Waals surface area contributed by atoms with Gasteiger partial charge in [-0.2, -0.15) is 0 Å². The van der Waals surface area contributed by atoms with Gasteiger partial charge in [-0.15, -0.1) is 0 Å². The maximum atomic E-state index is 12.3. The maximum Gasteiger partial charge on any atom is 0.189 e. The minimum Gasteiger partial charge on any atom is -0.289 e. The normalized spacial score (nSPS) is 15.9. The fourth-order valence-electron chi connectivity index (χ4n) is 2.57. The van der Waals surface area contributed by atoms with Crippen LogP contribution >= 0.6 is 0 Å². The van der Waals surface area contributed by atoms with Gasteiger partial charge < -0.3 is 0 Å². The van der Waals surface area contributed by atoms with Crippen molar-refractivity contribution in [3.8, 4) is 0 Å². The summed E-state index contributed by atoms with van der Waals surface area (Å²) in [5.41, 5.74) is 6.48. The molecule has 0 N–H and O–H groups in total. The predicted molar refractivity (Wildman–Crippen MR) is 78.4 cm³/mol. The van der Waals surface area contributed by atoms with E-state index in [0.29, 0.717) is 0 Å². The molecule has 0 bridgehead atoms. The van der Waals surface area contributed by atoms with Crippen LogP contribution < -0.4 is 0 Å². The number of rotatable bonds is 1. The van der Waals surface area contributed by atoms with Crippen LogP contribution in [0.25, 0.3) is 6.08 Å². The van der Waals surface area contributed by atoms with Crippen LogP contribution in [0.2, 0.25) is 0 Å². The van der Waals surface area contributed by atoms with Gasteiger partial charge in [0.2, 0.25) is 0 Å². The second-order valence-corrected chi connectivity index (χ2v) is 5.19. The lowest BCUT2D eigenvalue weighted by molar-refractivity contribution is 0.104. The molecule has 2 aromatic carbocycles. The molecule has 3 rings (SSSR count). The van der Waals surface area contributed by atoms with Gasteiger partial charge in [-0.25, -0.2) is 0 Å². The Kier molecular flexibility index (Phi) is 2.83. The zero-order valence-corrected chi connectivity index (χ0v) is 11.2. The van der Waals surface area contributed by atoms with Crippen LogP contribution in [0.15, 0.2) is 48.0 Å². The Balaban J connectivity index is 2.03. The number of hydrogen-bond acceptors (Lipinski definition) is 1. The molecule has 0 radical (unpaired) electrons. The summed E-state index contributed by atoms with van der Waals surface area (Å²) in [6.45, 7) is 4.16. The Bertz CT molecular complexity index is 693. The second kappa shape index (κ2) is 4.51. The molecular formula is C18H16O. The number of ketones is 1. The minimum absolute atomic E-state index is 0.177. The first kappa shape index (κ1) is 11.9. The molecule has 1 aliphatic rings. The van der Waals surface area contributed by atoms with Gasteiger partial charge in [-0.3, -0.25) is 4.79 Å². The second-order valence-electron chi connectivity index (χ2n) is 5.19. The van der Waals surface area contributed by atoms with Crippen LogP contribution in [0.4, 0.5) is 0 Å². The fourth-order valence-corrected chi connectivity index (χ4v) is 2.57. The summed E-state index contributed by atoms with van der Waals surface area (Å²) in [6.07, 6.45) is 2.80. The van der Waals surface area contributed by atoms with E-state index in [0.717, 1.165) is 28.7 Å². The first-order chi connectivity index (χ1) is 9.15. The molecule has 0 saturated heterocycles. The number of carbonyl (C=O) groups is 1. The molecule has 0 heterocycles. The molecule has 2 aromatic rings. The number of carbonyl (C=O) groups excluding carboxylic acids is 1. The van der Waals surface area contributed by atoms with Crippen LogP contribution in [-0.2, 0) is 6.42 Å². The summed E-state index contributed by atoms with van der Waals surface area (Å²) in [4.78, 5) is 12.3. The van der Waals surface area contributed by atoms with E-state index in [2.05, 4.69) is 32.0 Å². The summed E-state index contributed by atoms with van der Waals surface area (Å²) >= 11 is 0. The average molecular weight is 248 g/mol. The zero-order chi connectivity index (χ0) is 13.4. The quantitative estimate of drug-likeness (QED) is 0.694. The van der Waals surface area contributed by atoms with E-state index in [9.17, 15) is 4.79 Å². The highest BCUT2D eigenvalue weighted by molar-refractivity contribution is 6.15. The summed E-state index contributed by atoms with van der Waals surface area (Å²) in [5, 5.41) is 0. The van der Waals surface area contributed by atoms with Crippen molar-refractivity contribution in [2.24, 2.45) is 0 Å². The van der Waals surface area contributed by atoms with Crippen molar-refractivity contribution in [1.82, 2.24) is 0 Å². The summed E-state index contributed by atoms with van der Waals surface area (Å²) in [6, 6.07) is 14.2. The van der Waals surface area contributed by atoms with Gasteiger partial charge in [0.1, 0.15) is 0 Å². The number of Topliss-reactive ketones (excluding diaryl/α,β-unsaturated/α-hetero) is 1. The van der Waals surface area contributed by atoms with Crippen LogP contribution in [-0.4, -0.2) is 5.78 Å². The van der Waals surface area contributed by atoms with Crippen LogP contribution in [0.5, 0.6) is 0 Å². The third-order valence-corrected chi connectivity index (χ3v) is 3.70. The van der Waals surface area contributed by atoms with Gasteiger partial charge in [0, 0.05) is 17.6 Å². The van der Waals surface area contributed by atoms with Crippen molar-refractivity contribution >= 4 is 11.9 Å². The number of allylic oxidation sites excluding steroid dienone is 1. The molecule has 94 valence electrons. The molecule has 0 amide bonds. The number of fused-ring (bicyclic) bond motifs is 1. The predicted octanol–water partition coefficient (Wildman–Crippen LogP) is 4.13. The first-order valence-corrected chi connectivity index (χ1v) is 6.55. The Morgan fingerprint density at radius 1 is 1.05 bits per heavy atom. The maximum absolute atomic E-state index is 12.3. The molecule has 1 nitrogen and oxygen atoms in total. The number of hydrogen-bond donors (Lipinski definition) is 0. The van der Waals surface area contributed by atoms with Crippen LogP contribution in [0.1, 0.15) is 32.6 Å². The molecule has 1 aliphatic carbocycles. The highest BCUT2D eigenvalue weighted by atomic mass is 16.1. The molecule has 0 aromatic heterocycles. The van der Waals surface area contributed by atoms with Gasteiger partial charge in [0.15, 0.2) is 5.78 Å². The van der Waals surface area contributed by atoms with E-state index in [-0.39, 0.29) is 5.78 Å². The van der Waals surface area contributed by atoms with Gasteiger partial charge in [-0.05, 0) is 36.6 Å². The van der Waals surface area contributed by atoms with Gasteiger partial charge >= 0.3 is 0 Å². The fraction of sp³-hybridized carbons (Fsp3) is 0.167. The van der Waals surface area contributed by atoms with E-state index >= 15 is 0 Å². The van der Waals surface area contributed by atoms with E-state index in [4.69, 9.17) is 0 Å². The van der Waals surface area contributed by atoms with Gasteiger partial charge in [0.05, 0.1) is 0 Å². The van der Waals surface area contributed by atoms with Crippen molar-refractivity contribution in [2.45, 2.75) is 20.3 Å². The first-order valence-electron chi connectivity index (χ1n) is 6.55. The third-order valence-electron chi connectivity index (χ3n) is 3.70. The molecule has 0 atom stereocenters. The molecule has 0 saturated carbocycles. The Morgan fingerprint density at radius 2 is 1.84 bits per heavy atom. The number of benzene rings is 2. The van der Waals surface area contributed by atoms with E-state index in [1.165, 1.54) is 11.1 Å². The lowest BCUT2D eigenvalue weighted by Gasteiger charge is -2.03. The van der Waals surface area contributed by atoms with Crippen LogP contribution in [0, 0.1) is 13.8 Å². The molecule has 0 fully saturated rings. The van der Waals surface area contributed by atoms with Crippen molar-refractivity contribution in [2.75, 3.05) is 0 Å². The molecule has 1 heteroatoms. The minimum atomic E-state index is 0.177. The SMILES string of the molecule is Cc1ccc(C)c(/C=C2\Cc3ccccc3C2=O)c1. The van der Waals surface area contributed by atoms with E-state index in [1.807, 2.05) is 30.3 Å². The molecule has 0 spiro atoms. The van der Waals surface area contributed by atoms with Crippen molar-refractivity contribution < 1.29 is 4.79 Å². The smallest absolute Gasteiger partial charge is 0.189 e. The monoisotopic (exact) mass is 248 g/mol. The Hall–Kier alpha value is -2.15. The topological polar surface area (TPSA) is 17.1 Å².